The molecule has 8 nitrogen and oxygen atoms in total. The first-order valence-electron chi connectivity index (χ1n) is 13.4. The fourth-order valence-corrected chi connectivity index (χ4v) is 5.77. The fraction of sp³-hybridized carbons (Fsp3) is 0.448. The number of ether oxygens (including phenoxy) is 1. The van der Waals surface area contributed by atoms with E-state index < -0.39 is 29.3 Å². The Hall–Kier alpha value is -4.07. The van der Waals surface area contributed by atoms with Gasteiger partial charge in [-0.3, -0.25) is 9.79 Å². The lowest BCUT2D eigenvalue weighted by molar-refractivity contribution is -0.135. The maximum absolute atomic E-state index is 14.9. The first-order valence-corrected chi connectivity index (χ1v) is 13.4. The normalized spacial score (nSPS) is 20.8. The van der Waals surface area contributed by atoms with E-state index in [2.05, 4.69) is 20.9 Å². The van der Waals surface area contributed by atoms with Gasteiger partial charge in [-0.1, -0.05) is 18.2 Å². The van der Waals surface area contributed by atoms with Crippen molar-refractivity contribution >= 4 is 22.5 Å². The van der Waals surface area contributed by atoms with E-state index in [9.17, 15) is 23.2 Å². The first-order chi connectivity index (χ1) is 19.2. The Kier molecular flexibility index (Phi) is 6.44. The molecule has 1 aliphatic carbocycles. The number of rotatable bonds is 4. The maximum atomic E-state index is 14.9. The molecule has 3 aromatic rings. The number of piperazine rings is 1. The lowest BCUT2D eigenvalue weighted by Crippen LogP contribution is -2.56. The van der Waals surface area contributed by atoms with E-state index in [0.29, 0.717) is 62.1 Å². The number of aryl methyl sites for hydroxylation is 1. The zero-order valence-corrected chi connectivity index (χ0v) is 22.3. The molecule has 2 fully saturated rings. The molecule has 6 rings (SSSR count). The summed E-state index contributed by atoms with van der Waals surface area (Å²) >= 11 is 0. The van der Waals surface area contributed by atoms with Crippen LogP contribution in [0, 0.1) is 22.6 Å². The summed E-state index contributed by atoms with van der Waals surface area (Å²) < 4.78 is 49.4. The van der Waals surface area contributed by atoms with Gasteiger partial charge in [0.1, 0.15) is 17.0 Å². The summed E-state index contributed by atoms with van der Waals surface area (Å²) in [6, 6.07) is 9.32. The first kappa shape index (κ1) is 26.2. The molecule has 2 atom stereocenters. The molecule has 1 amide bonds. The van der Waals surface area contributed by atoms with Gasteiger partial charge in [0.15, 0.2) is 5.49 Å². The Morgan fingerprint density at radius 2 is 2.02 bits per heavy atom. The highest BCUT2D eigenvalue weighted by Gasteiger charge is 2.53. The van der Waals surface area contributed by atoms with Crippen LogP contribution in [0.5, 0.6) is 5.75 Å². The van der Waals surface area contributed by atoms with Crippen molar-refractivity contribution < 1.29 is 22.7 Å². The van der Waals surface area contributed by atoms with Crippen molar-refractivity contribution in [2.75, 3.05) is 31.1 Å². The average Bonchev–Trinajstić information content (AvgIpc) is 3.77. The van der Waals surface area contributed by atoms with Crippen molar-refractivity contribution in [2.45, 2.75) is 44.7 Å². The predicted molar refractivity (Wildman–Crippen MR) is 141 cm³/mol. The molecule has 0 radical (unpaired) electrons. The van der Waals surface area contributed by atoms with Gasteiger partial charge in [-0.25, -0.2) is 18.2 Å². The molecule has 3 heterocycles. The number of nitriles is 1. The molecule has 40 heavy (non-hydrogen) atoms. The highest BCUT2D eigenvalue weighted by atomic mass is 19.3. The summed E-state index contributed by atoms with van der Waals surface area (Å²) in [5, 5.41) is 10.2. The topological polar surface area (TPSA) is 86.8 Å². The van der Waals surface area contributed by atoms with Gasteiger partial charge in [-0.15, -0.1) is 0 Å². The summed E-state index contributed by atoms with van der Waals surface area (Å²) in [4.78, 5) is 26.3. The van der Waals surface area contributed by atoms with Gasteiger partial charge in [-0.2, -0.15) is 5.26 Å². The molecule has 0 unspecified atom stereocenters. The number of benzene rings is 2. The molecule has 3 aliphatic rings. The van der Waals surface area contributed by atoms with Crippen LogP contribution in [-0.4, -0.2) is 52.6 Å². The van der Waals surface area contributed by atoms with Gasteiger partial charge in [-0.05, 0) is 25.8 Å². The van der Waals surface area contributed by atoms with Gasteiger partial charge in [0.2, 0.25) is 5.91 Å². The molecule has 1 saturated carbocycles. The molecule has 11 heteroatoms. The smallest absolute Gasteiger partial charge is 0.266 e. The third kappa shape index (κ3) is 4.35. The van der Waals surface area contributed by atoms with Crippen LogP contribution >= 0.6 is 0 Å². The van der Waals surface area contributed by atoms with Crippen molar-refractivity contribution in [2.24, 2.45) is 17.5 Å². The second-order valence-corrected chi connectivity index (χ2v) is 10.8. The Balaban J connectivity index is 1.38. The molecule has 2 aliphatic heterocycles. The number of carbonyl (C=O) groups is 1. The third-order valence-corrected chi connectivity index (χ3v) is 8.27. The summed E-state index contributed by atoms with van der Waals surface area (Å²) in [5.74, 6) is -0.323. The largest absolute Gasteiger partial charge is 0.491 e. The van der Waals surface area contributed by atoms with Gasteiger partial charge < -0.3 is 19.1 Å². The summed E-state index contributed by atoms with van der Waals surface area (Å²) in [5.41, 5.74) is 0.602. The molecule has 2 aromatic carbocycles. The van der Waals surface area contributed by atoms with Gasteiger partial charge in [0.05, 0.1) is 47.9 Å². The zero-order chi connectivity index (χ0) is 28.2. The number of nitrogens with zero attached hydrogens (tertiary/aromatic N) is 6. The molecule has 208 valence electrons. The van der Waals surface area contributed by atoms with Crippen molar-refractivity contribution in [1.29, 1.82) is 5.26 Å². The summed E-state index contributed by atoms with van der Waals surface area (Å²) in [6.45, 7) is 3.73. The van der Waals surface area contributed by atoms with E-state index in [1.807, 2.05) is 28.6 Å². The molecule has 1 aromatic heterocycles. The molecular formula is C29H29F3N6O2. The third-order valence-electron chi connectivity index (χ3n) is 8.27. The van der Waals surface area contributed by atoms with E-state index in [0.717, 1.165) is 17.3 Å². The van der Waals surface area contributed by atoms with Crippen LogP contribution in [0.4, 0.5) is 18.9 Å². The minimum atomic E-state index is -2.92. The monoisotopic (exact) mass is 550 g/mol. The number of carbonyl (C=O) groups excluding carboxylic acids is 1. The predicted octanol–water partition coefficient (Wildman–Crippen LogP) is 4.42. The number of halogens is 3. The molecule has 1 saturated heterocycles. The molecule has 0 spiro atoms. The van der Waals surface area contributed by atoms with Crippen molar-refractivity contribution in [3.63, 3.8) is 0 Å². The molecule has 0 bridgehead atoms. The Labute approximate surface area is 229 Å². The van der Waals surface area contributed by atoms with Crippen LogP contribution < -0.4 is 15.1 Å². The number of alkyl halides is 2. The van der Waals surface area contributed by atoms with E-state index in [1.165, 1.54) is 12.1 Å². The number of aromatic nitrogens is 2. The lowest BCUT2D eigenvalue weighted by atomic mass is 10.0. The summed E-state index contributed by atoms with van der Waals surface area (Å²) in [6.07, 6.45) is 0.647. The van der Waals surface area contributed by atoms with Gasteiger partial charge in [0, 0.05) is 50.1 Å². The SMILES string of the molecule is C[C@@H](/N=c1\ncn(C)c2cc3c(cc12)N1CCN(C(=O)C2(C#N)CC2)C[C@H]1CCO3)c1cccc(C(F)F)c1F. The van der Waals surface area contributed by atoms with Crippen molar-refractivity contribution in [1.82, 2.24) is 14.5 Å². The van der Waals surface area contributed by atoms with Gasteiger partial charge in [0.25, 0.3) is 6.43 Å². The second-order valence-electron chi connectivity index (χ2n) is 10.8. The second kappa shape index (κ2) is 9.84. The maximum Gasteiger partial charge on any atom is 0.266 e. The number of amides is 1. The number of fused-ring (bicyclic) bond motifs is 4. The van der Waals surface area contributed by atoms with E-state index >= 15 is 0 Å². The summed E-state index contributed by atoms with van der Waals surface area (Å²) in [7, 11) is 1.85. The van der Waals surface area contributed by atoms with Crippen LogP contribution in [0.2, 0.25) is 0 Å². The average molecular weight is 551 g/mol. The number of hydrogen-bond donors (Lipinski definition) is 0. The molecular weight excluding hydrogens is 521 g/mol. The standard InChI is InChI=1S/C29H29F3N6O2/c1-17(19-4-3-5-20(25(19)30)26(31)32)35-27-21-12-23-24(13-22(21)36(2)16-34-27)40-11-6-18-14-37(9-10-38(18)23)28(39)29(15-33)7-8-29/h3-5,12-13,16-18,26H,6-11,14H2,1-2H3/b35-27-/t17-,18-/m1/s1. The van der Waals surface area contributed by atoms with Crippen LogP contribution in [0.1, 0.15) is 49.8 Å². The Bertz CT molecular complexity index is 1610. The van der Waals surface area contributed by atoms with Crippen LogP contribution in [0.15, 0.2) is 41.7 Å². The zero-order valence-electron chi connectivity index (χ0n) is 22.3. The fourth-order valence-electron chi connectivity index (χ4n) is 5.77. The minimum Gasteiger partial charge on any atom is -0.491 e. The van der Waals surface area contributed by atoms with Gasteiger partial charge >= 0.3 is 0 Å². The Morgan fingerprint density at radius 1 is 1.25 bits per heavy atom. The Morgan fingerprint density at radius 3 is 2.75 bits per heavy atom. The number of hydrogen-bond acceptors (Lipinski definition) is 6. The lowest BCUT2D eigenvalue weighted by Gasteiger charge is -2.42. The van der Waals surface area contributed by atoms with Crippen molar-refractivity contribution in [3.05, 3.63) is 59.1 Å². The minimum absolute atomic E-state index is 0.0156. The number of anilines is 1. The van der Waals surface area contributed by atoms with Crippen LogP contribution in [-0.2, 0) is 11.8 Å². The van der Waals surface area contributed by atoms with E-state index in [-0.39, 0.29) is 17.5 Å². The van der Waals surface area contributed by atoms with Crippen LogP contribution in [0.25, 0.3) is 10.9 Å². The van der Waals surface area contributed by atoms with E-state index in [1.54, 1.807) is 13.3 Å². The van der Waals surface area contributed by atoms with E-state index in [4.69, 9.17) is 4.74 Å². The van der Waals surface area contributed by atoms with Crippen LogP contribution in [0.3, 0.4) is 0 Å². The highest BCUT2D eigenvalue weighted by molar-refractivity contribution is 5.89. The molecule has 0 N–H and O–H groups in total. The quantitative estimate of drug-likeness (QED) is 0.480. The van der Waals surface area contributed by atoms with Crippen molar-refractivity contribution in [3.8, 4) is 11.8 Å². The highest BCUT2D eigenvalue weighted by Crippen LogP contribution is 2.47.